The molecule has 1 saturated heterocycles. The Kier molecular flexibility index (Phi) is 1.48. The first-order chi connectivity index (χ1) is 4.77. The van der Waals surface area contributed by atoms with Crippen molar-refractivity contribution >= 4 is 21.9 Å². The third kappa shape index (κ3) is 0.875. The molecule has 1 aliphatic carbocycles. The van der Waals surface area contributed by atoms with Crippen LogP contribution in [0.15, 0.2) is 0 Å². The highest BCUT2D eigenvalue weighted by atomic mass is 79.9. The highest BCUT2D eigenvalue weighted by molar-refractivity contribution is 9.09. The fourth-order valence-electron chi connectivity index (χ4n) is 1.80. The molecule has 10 heavy (non-hydrogen) atoms. The Balaban J connectivity index is 2.12. The van der Waals surface area contributed by atoms with Gasteiger partial charge in [0, 0.05) is 5.92 Å². The summed E-state index contributed by atoms with van der Waals surface area (Å²) in [5.74, 6) is 0.496. The van der Waals surface area contributed by atoms with Crippen LogP contribution in [0.4, 0.5) is 0 Å². The van der Waals surface area contributed by atoms with Gasteiger partial charge < -0.3 is 4.74 Å². The molecule has 0 aromatic rings. The summed E-state index contributed by atoms with van der Waals surface area (Å²) in [6.07, 6.45) is 3.13. The van der Waals surface area contributed by atoms with E-state index in [0.717, 1.165) is 12.8 Å². The SMILES string of the molecule is O=C1C[C@H]2CC[C@H](Br)[C@H]2O1. The molecule has 0 N–H and O–H groups in total. The summed E-state index contributed by atoms with van der Waals surface area (Å²) in [5.41, 5.74) is 0. The number of hydrogen-bond donors (Lipinski definition) is 0. The zero-order valence-corrected chi connectivity index (χ0v) is 7.13. The van der Waals surface area contributed by atoms with E-state index >= 15 is 0 Å². The van der Waals surface area contributed by atoms with Crippen LogP contribution >= 0.6 is 15.9 Å². The topological polar surface area (TPSA) is 26.3 Å². The van der Waals surface area contributed by atoms with Crippen molar-refractivity contribution in [1.29, 1.82) is 0 Å². The zero-order chi connectivity index (χ0) is 7.14. The molecule has 2 nitrogen and oxygen atoms in total. The first-order valence-electron chi connectivity index (χ1n) is 3.61. The van der Waals surface area contributed by atoms with Crippen LogP contribution in [0.5, 0.6) is 0 Å². The monoisotopic (exact) mass is 204 g/mol. The zero-order valence-electron chi connectivity index (χ0n) is 5.55. The van der Waals surface area contributed by atoms with Crippen molar-refractivity contribution in [3.05, 3.63) is 0 Å². The molecule has 0 spiro atoms. The van der Waals surface area contributed by atoms with E-state index in [9.17, 15) is 4.79 Å². The lowest BCUT2D eigenvalue weighted by Gasteiger charge is -2.09. The smallest absolute Gasteiger partial charge is 0.306 e. The van der Waals surface area contributed by atoms with Gasteiger partial charge in [-0.3, -0.25) is 4.79 Å². The summed E-state index contributed by atoms with van der Waals surface area (Å²) in [4.78, 5) is 11.2. The molecule has 1 saturated carbocycles. The molecule has 1 aliphatic heterocycles. The number of carbonyl (C=O) groups excluding carboxylic acids is 1. The molecule has 2 fully saturated rings. The minimum absolute atomic E-state index is 0.0147. The second-order valence-electron chi connectivity index (χ2n) is 3.01. The van der Waals surface area contributed by atoms with Gasteiger partial charge in [0.1, 0.15) is 6.10 Å². The van der Waals surface area contributed by atoms with Crippen LogP contribution in [0.25, 0.3) is 0 Å². The number of alkyl halides is 1. The molecule has 1 heterocycles. The van der Waals surface area contributed by atoms with E-state index in [4.69, 9.17) is 4.74 Å². The lowest BCUT2D eigenvalue weighted by Crippen LogP contribution is -2.18. The maximum Gasteiger partial charge on any atom is 0.306 e. The van der Waals surface area contributed by atoms with Crippen LogP contribution in [-0.4, -0.2) is 16.9 Å². The number of halogens is 1. The second kappa shape index (κ2) is 2.22. The molecule has 2 aliphatic rings. The summed E-state index contributed by atoms with van der Waals surface area (Å²) in [7, 11) is 0. The number of carbonyl (C=O) groups is 1. The first-order valence-corrected chi connectivity index (χ1v) is 4.52. The van der Waals surface area contributed by atoms with Gasteiger partial charge >= 0.3 is 5.97 Å². The highest BCUT2D eigenvalue weighted by Crippen LogP contribution is 2.39. The first kappa shape index (κ1) is 6.65. The standard InChI is InChI=1S/C7H9BrO2/c8-5-2-1-4-3-6(9)10-7(4)5/h4-5,7H,1-3H2/t4-,5+,7+/m1/s1. The van der Waals surface area contributed by atoms with Crippen molar-refractivity contribution in [2.45, 2.75) is 30.2 Å². The van der Waals surface area contributed by atoms with E-state index in [1.54, 1.807) is 0 Å². The normalized spacial score (nSPS) is 45.3. The molecule has 0 aromatic carbocycles. The molecule has 56 valence electrons. The molecule has 0 aromatic heterocycles. The van der Waals surface area contributed by atoms with Crippen LogP contribution in [0.1, 0.15) is 19.3 Å². The van der Waals surface area contributed by atoms with Gasteiger partial charge in [-0.1, -0.05) is 15.9 Å². The minimum atomic E-state index is -0.0147. The molecule has 0 unspecified atom stereocenters. The van der Waals surface area contributed by atoms with Crippen molar-refractivity contribution in [2.75, 3.05) is 0 Å². The van der Waals surface area contributed by atoms with Gasteiger partial charge in [-0.15, -0.1) is 0 Å². The average Bonchev–Trinajstić information content (AvgIpc) is 2.35. The molecule has 2 rings (SSSR count). The van der Waals surface area contributed by atoms with Crippen LogP contribution in [0.2, 0.25) is 0 Å². The van der Waals surface area contributed by atoms with E-state index in [-0.39, 0.29) is 12.1 Å². The van der Waals surface area contributed by atoms with Crippen LogP contribution in [-0.2, 0) is 9.53 Å². The summed E-state index contributed by atoms with van der Waals surface area (Å²) in [6, 6.07) is 0. The van der Waals surface area contributed by atoms with Gasteiger partial charge in [0.2, 0.25) is 0 Å². The van der Waals surface area contributed by atoms with Gasteiger partial charge in [0.25, 0.3) is 0 Å². The summed E-state index contributed by atoms with van der Waals surface area (Å²) < 4.78 is 5.11. The minimum Gasteiger partial charge on any atom is -0.461 e. The summed E-state index contributed by atoms with van der Waals surface area (Å²) >= 11 is 3.50. The third-order valence-corrected chi connectivity index (χ3v) is 3.31. The molecular weight excluding hydrogens is 196 g/mol. The van der Waals surface area contributed by atoms with Crippen LogP contribution < -0.4 is 0 Å². The molecule has 0 amide bonds. The average molecular weight is 205 g/mol. The van der Waals surface area contributed by atoms with Gasteiger partial charge in [-0.05, 0) is 12.8 Å². The Labute approximate surface area is 68.1 Å². The van der Waals surface area contributed by atoms with Gasteiger partial charge in [0.05, 0.1) is 11.2 Å². The van der Waals surface area contributed by atoms with Crippen molar-refractivity contribution in [3.63, 3.8) is 0 Å². The maximum absolute atomic E-state index is 10.8. The van der Waals surface area contributed by atoms with Crippen molar-refractivity contribution in [3.8, 4) is 0 Å². The van der Waals surface area contributed by atoms with E-state index in [1.165, 1.54) is 0 Å². The number of rotatable bonds is 0. The Morgan fingerprint density at radius 1 is 1.50 bits per heavy atom. The third-order valence-electron chi connectivity index (χ3n) is 2.33. The number of hydrogen-bond acceptors (Lipinski definition) is 2. The molecule has 0 radical (unpaired) electrons. The van der Waals surface area contributed by atoms with E-state index in [0.29, 0.717) is 17.2 Å². The summed E-state index contributed by atoms with van der Waals surface area (Å²) in [5, 5.41) is 0. The van der Waals surface area contributed by atoms with Crippen molar-refractivity contribution in [1.82, 2.24) is 0 Å². The summed E-state index contributed by atoms with van der Waals surface area (Å²) in [6.45, 7) is 0. The van der Waals surface area contributed by atoms with Gasteiger partial charge in [0.15, 0.2) is 0 Å². The predicted molar refractivity (Wildman–Crippen MR) is 39.9 cm³/mol. The molecule has 3 atom stereocenters. The van der Waals surface area contributed by atoms with Crippen molar-refractivity contribution < 1.29 is 9.53 Å². The number of ether oxygens (including phenoxy) is 1. The van der Waals surface area contributed by atoms with Crippen molar-refractivity contribution in [2.24, 2.45) is 5.92 Å². The Morgan fingerprint density at radius 3 is 3.00 bits per heavy atom. The van der Waals surface area contributed by atoms with E-state index in [1.807, 2.05) is 0 Å². The Hall–Kier alpha value is -0.0500. The number of esters is 1. The largest absolute Gasteiger partial charge is 0.461 e. The molecular formula is C7H9BrO2. The molecule has 0 bridgehead atoms. The number of fused-ring (bicyclic) bond motifs is 1. The molecule has 3 heteroatoms. The van der Waals surface area contributed by atoms with E-state index < -0.39 is 0 Å². The fourth-order valence-corrected chi connectivity index (χ4v) is 2.60. The lowest BCUT2D eigenvalue weighted by atomic mass is 10.1. The van der Waals surface area contributed by atoms with Crippen LogP contribution in [0.3, 0.4) is 0 Å². The predicted octanol–water partition coefficient (Wildman–Crippen LogP) is 1.48. The van der Waals surface area contributed by atoms with Gasteiger partial charge in [-0.25, -0.2) is 0 Å². The Morgan fingerprint density at radius 2 is 2.30 bits per heavy atom. The highest BCUT2D eigenvalue weighted by Gasteiger charge is 2.43. The second-order valence-corrected chi connectivity index (χ2v) is 4.19. The maximum atomic E-state index is 10.8. The Bertz CT molecular complexity index is 169. The lowest BCUT2D eigenvalue weighted by molar-refractivity contribution is -0.141. The van der Waals surface area contributed by atoms with Gasteiger partial charge in [-0.2, -0.15) is 0 Å². The van der Waals surface area contributed by atoms with Crippen LogP contribution in [0, 0.1) is 5.92 Å². The fraction of sp³-hybridized carbons (Fsp3) is 0.857. The quantitative estimate of drug-likeness (QED) is 0.442. The van der Waals surface area contributed by atoms with E-state index in [2.05, 4.69) is 15.9 Å².